The normalized spacial score (nSPS) is 10.8. The number of benzene rings is 1. The fraction of sp³-hybridized carbons (Fsp3) is 0.100. The van der Waals surface area contributed by atoms with Gasteiger partial charge in [0.2, 0.25) is 0 Å². The summed E-state index contributed by atoms with van der Waals surface area (Å²) in [5, 5.41) is 0.575. The smallest absolute Gasteiger partial charge is 0.251 e. The van der Waals surface area contributed by atoms with Gasteiger partial charge in [-0.15, -0.1) is 0 Å². The first-order valence-electron chi connectivity index (χ1n) is 4.07. The van der Waals surface area contributed by atoms with Crippen LogP contribution in [0.4, 0.5) is 4.39 Å². The van der Waals surface area contributed by atoms with Crippen LogP contribution < -0.4 is 5.56 Å². The Morgan fingerprint density at radius 2 is 2.14 bits per heavy atom. The van der Waals surface area contributed by atoms with Crippen LogP contribution in [-0.4, -0.2) is 4.98 Å². The zero-order chi connectivity index (χ0) is 10.3. The Morgan fingerprint density at radius 3 is 2.86 bits per heavy atom. The van der Waals surface area contributed by atoms with E-state index in [1.54, 1.807) is 13.0 Å². The van der Waals surface area contributed by atoms with E-state index >= 15 is 0 Å². The Bertz CT molecular complexity index is 562. The van der Waals surface area contributed by atoms with E-state index in [0.29, 0.717) is 16.5 Å². The van der Waals surface area contributed by atoms with E-state index in [0.717, 1.165) is 0 Å². The van der Waals surface area contributed by atoms with Crippen LogP contribution in [0.5, 0.6) is 0 Å². The number of halogens is 2. The van der Waals surface area contributed by atoms with Gasteiger partial charge in [-0.1, -0.05) is 11.6 Å². The van der Waals surface area contributed by atoms with Crippen LogP contribution in [0.3, 0.4) is 0 Å². The quantitative estimate of drug-likeness (QED) is 0.714. The molecule has 0 saturated heterocycles. The number of pyridine rings is 1. The summed E-state index contributed by atoms with van der Waals surface area (Å²) in [7, 11) is 0. The van der Waals surface area contributed by atoms with Crippen LogP contribution in [0.15, 0.2) is 23.0 Å². The molecule has 0 unspecified atom stereocenters. The van der Waals surface area contributed by atoms with Crippen LogP contribution >= 0.6 is 11.6 Å². The van der Waals surface area contributed by atoms with E-state index in [1.807, 2.05) is 0 Å². The molecule has 1 aromatic carbocycles. The highest BCUT2D eigenvalue weighted by molar-refractivity contribution is 6.35. The minimum absolute atomic E-state index is 0.0434. The topological polar surface area (TPSA) is 32.9 Å². The molecule has 14 heavy (non-hydrogen) atoms. The largest absolute Gasteiger partial charge is 0.322 e. The first kappa shape index (κ1) is 9.21. The number of aromatic amines is 1. The van der Waals surface area contributed by atoms with E-state index in [9.17, 15) is 9.18 Å². The first-order chi connectivity index (χ1) is 6.59. The third kappa shape index (κ3) is 1.30. The van der Waals surface area contributed by atoms with Gasteiger partial charge in [0.1, 0.15) is 5.82 Å². The zero-order valence-corrected chi connectivity index (χ0v) is 8.15. The molecule has 4 heteroatoms. The zero-order valence-electron chi connectivity index (χ0n) is 7.40. The molecule has 2 rings (SSSR count). The number of hydrogen-bond donors (Lipinski definition) is 1. The summed E-state index contributed by atoms with van der Waals surface area (Å²) < 4.78 is 13.1. The lowest BCUT2D eigenvalue weighted by molar-refractivity contribution is 0.630. The minimum atomic E-state index is -0.481. The maximum absolute atomic E-state index is 13.1. The fourth-order valence-corrected chi connectivity index (χ4v) is 1.54. The molecule has 1 heterocycles. The number of rotatable bonds is 0. The van der Waals surface area contributed by atoms with Gasteiger partial charge in [0.05, 0.1) is 5.02 Å². The number of H-pyrrole nitrogens is 1. The Kier molecular flexibility index (Phi) is 2.04. The van der Waals surface area contributed by atoms with Crippen molar-refractivity contribution >= 4 is 22.5 Å². The van der Waals surface area contributed by atoms with Crippen LogP contribution in [0.1, 0.15) is 5.56 Å². The van der Waals surface area contributed by atoms with Gasteiger partial charge in [0, 0.05) is 16.5 Å². The van der Waals surface area contributed by atoms with Gasteiger partial charge in [-0.2, -0.15) is 0 Å². The lowest BCUT2D eigenvalue weighted by Gasteiger charge is -2.02. The highest BCUT2D eigenvalue weighted by Gasteiger charge is 2.06. The van der Waals surface area contributed by atoms with Gasteiger partial charge < -0.3 is 4.98 Å². The molecule has 0 radical (unpaired) electrons. The molecular weight excluding hydrogens is 205 g/mol. The molecule has 0 aliphatic heterocycles. The average Bonchev–Trinajstić information content (AvgIpc) is 2.15. The highest BCUT2D eigenvalue weighted by atomic mass is 35.5. The maximum atomic E-state index is 13.1. The van der Waals surface area contributed by atoms with Crippen LogP contribution in [0, 0.1) is 12.7 Å². The van der Waals surface area contributed by atoms with Gasteiger partial charge in [-0.3, -0.25) is 4.79 Å². The molecule has 0 amide bonds. The fourth-order valence-electron chi connectivity index (χ4n) is 1.32. The van der Waals surface area contributed by atoms with Gasteiger partial charge in [0.25, 0.3) is 5.56 Å². The molecule has 1 N–H and O–H groups in total. The van der Waals surface area contributed by atoms with Crippen molar-refractivity contribution in [3.05, 3.63) is 45.0 Å². The predicted octanol–water partition coefficient (Wildman–Crippen LogP) is 2.63. The van der Waals surface area contributed by atoms with Gasteiger partial charge >= 0.3 is 0 Å². The molecule has 0 saturated carbocycles. The summed E-state index contributed by atoms with van der Waals surface area (Å²) >= 11 is 5.75. The molecule has 0 aliphatic rings. The van der Waals surface area contributed by atoms with Crippen molar-refractivity contribution in [2.75, 3.05) is 0 Å². The first-order valence-corrected chi connectivity index (χ1v) is 4.45. The molecule has 2 nitrogen and oxygen atoms in total. The SMILES string of the molecule is Cc1cc2c(Cl)c(F)ccc2[nH]c1=O. The van der Waals surface area contributed by atoms with Crippen molar-refractivity contribution < 1.29 is 4.39 Å². The molecule has 0 bridgehead atoms. The van der Waals surface area contributed by atoms with E-state index in [4.69, 9.17) is 11.6 Å². The lowest BCUT2D eigenvalue weighted by Crippen LogP contribution is -2.08. The van der Waals surface area contributed by atoms with Crippen LogP contribution in [-0.2, 0) is 0 Å². The molecule has 1 aromatic heterocycles. The monoisotopic (exact) mass is 211 g/mol. The average molecular weight is 212 g/mol. The summed E-state index contributed by atoms with van der Waals surface area (Å²) in [5.74, 6) is -0.481. The van der Waals surface area contributed by atoms with E-state index < -0.39 is 5.82 Å². The predicted molar refractivity (Wildman–Crippen MR) is 54.3 cm³/mol. The molecule has 0 spiro atoms. The summed E-state index contributed by atoms with van der Waals surface area (Å²) in [6.45, 7) is 1.65. The lowest BCUT2D eigenvalue weighted by atomic mass is 10.1. The van der Waals surface area contributed by atoms with Crippen LogP contribution in [0.2, 0.25) is 5.02 Å². The van der Waals surface area contributed by atoms with Crippen molar-refractivity contribution in [3.63, 3.8) is 0 Å². The summed E-state index contributed by atoms with van der Waals surface area (Å²) in [6, 6.07) is 4.31. The molecule has 0 atom stereocenters. The van der Waals surface area contributed by atoms with Gasteiger partial charge in [0.15, 0.2) is 0 Å². The van der Waals surface area contributed by atoms with E-state index in [1.165, 1.54) is 12.1 Å². The molecule has 2 aromatic rings. The second-order valence-electron chi connectivity index (χ2n) is 3.10. The molecule has 0 fully saturated rings. The van der Waals surface area contributed by atoms with E-state index in [-0.39, 0.29) is 10.6 Å². The summed E-state index contributed by atoms with van der Waals surface area (Å²) in [5.41, 5.74) is 0.886. The Balaban J connectivity index is 2.97. The van der Waals surface area contributed by atoms with Crippen molar-refractivity contribution in [2.45, 2.75) is 6.92 Å². The highest BCUT2D eigenvalue weighted by Crippen LogP contribution is 2.24. The van der Waals surface area contributed by atoms with Crippen molar-refractivity contribution in [2.24, 2.45) is 0 Å². The summed E-state index contributed by atoms with van der Waals surface area (Å²) in [6.07, 6.45) is 0. The Morgan fingerprint density at radius 1 is 1.43 bits per heavy atom. The van der Waals surface area contributed by atoms with E-state index in [2.05, 4.69) is 4.98 Å². The number of nitrogens with one attached hydrogen (secondary N) is 1. The Labute approximate surface area is 84.3 Å². The third-order valence-corrected chi connectivity index (χ3v) is 2.48. The number of fused-ring (bicyclic) bond motifs is 1. The molecule has 72 valence electrons. The van der Waals surface area contributed by atoms with Crippen molar-refractivity contribution in [1.29, 1.82) is 0 Å². The second kappa shape index (κ2) is 3.10. The number of hydrogen-bond acceptors (Lipinski definition) is 1. The van der Waals surface area contributed by atoms with Crippen molar-refractivity contribution in [3.8, 4) is 0 Å². The molecule has 0 aliphatic carbocycles. The van der Waals surface area contributed by atoms with Crippen molar-refractivity contribution in [1.82, 2.24) is 4.98 Å². The summed E-state index contributed by atoms with van der Waals surface area (Å²) in [4.78, 5) is 13.9. The standard InChI is InChI=1S/C10H7ClFNO/c1-5-4-6-8(13-10(5)14)3-2-7(12)9(6)11/h2-4H,1H3,(H,13,14). The van der Waals surface area contributed by atoms with Gasteiger partial charge in [-0.25, -0.2) is 4.39 Å². The number of aryl methyl sites for hydroxylation is 1. The molecular formula is C10H7ClFNO. The maximum Gasteiger partial charge on any atom is 0.251 e. The van der Waals surface area contributed by atoms with Gasteiger partial charge in [-0.05, 0) is 25.1 Å². The minimum Gasteiger partial charge on any atom is -0.322 e. The second-order valence-corrected chi connectivity index (χ2v) is 3.48. The Hall–Kier alpha value is -1.35. The number of aromatic nitrogens is 1. The van der Waals surface area contributed by atoms with Crippen LogP contribution in [0.25, 0.3) is 10.9 Å². The third-order valence-electron chi connectivity index (χ3n) is 2.10.